The van der Waals surface area contributed by atoms with Gasteiger partial charge in [-0.2, -0.15) is 0 Å². The predicted octanol–water partition coefficient (Wildman–Crippen LogP) is 7.52. The summed E-state index contributed by atoms with van der Waals surface area (Å²) in [5.41, 5.74) is 6.52. The maximum absolute atomic E-state index is 14.3. The Labute approximate surface area is 234 Å². The first-order chi connectivity index (χ1) is 18.9. The number of carbonyl (C=O) groups excluding carboxylic acids is 2. The number of urea groups is 1. The highest BCUT2D eigenvalue weighted by Gasteiger charge is 2.37. The highest BCUT2D eigenvalue weighted by molar-refractivity contribution is 6.30. The van der Waals surface area contributed by atoms with Crippen molar-refractivity contribution >= 4 is 34.9 Å². The normalized spacial score (nSPS) is 13.9. The molecular weight excluding hydrogens is 508 g/mol. The van der Waals surface area contributed by atoms with Crippen molar-refractivity contribution in [2.24, 2.45) is 0 Å². The lowest BCUT2D eigenvalue weighted by Crippen LogP contribution is -2.48. The lowest BCUT2D eigenvalue weighted by Gasteiger charge is -2.39. The van der Waals surface area contributed by atoms with Gasteiger partial charge in [0.2, 0.25) is 5.91 Å². The molecule has 0 bridgehead atoms. The molecular formula is C32H33ClN4O2. The molecule has 1 aromatic heterocycles. The Kier molecular flexibility index (Phi) is 7.75. The minimum atomic E-state index is -0.366. The number of unbranched alkanes of at least 4 members (excludes halogenated alkanes) is 1. The summed E-state index contributed by atoms with van der Waals surface area (Å²) in [6, 6.07) is 24.8. The number of nitrogens with one attached hydrogen (secondary N) is 1. The lowest BCUT2D eigenvalue weighted by atomic mass is 9.97. The van der Waals surface area contributed by atoms with E-state index in [0.29, 0.717) is 11.6 Å². The number of halogens is 1. The second kappa shape index (κ2) is 11.4. The zero-order valence-electron chi connectivity index (χ0n) is 22.5. The molecule has 1 aliphatic heterocycles. The molecule has 7 heteroatoms. The monoisotopic (exact) mass is 540 g/mol. The second-order valence-corrected chi connectivity index (χ2v) is 10.5. The van der Waals surface area contributed by atoms with E-state index in [-0.39, 0.29) is 24.5 Å². The van der Waals surface area contributed by atoms with Crippen molar-refractivity contribution in [2.75, 3.05) is 23.3 Å². The van der Waals surface area contributed by atoms with Gasteiger partial charge in [-0.05, 0) is 73.9 Å². The zero-order chi connectivity index (χ0) is 27.5. The number of benzene rings is 3. The van der Waals surface area contributed by atoms with E-state index in [2.05, 4.69) is 16.8 Å². The molecule has 1 atom stereocenters. The molecule has 1 aliphatic rings. The van der Waals surface area contributed by atoms with Crippen LogP contribution in [0.5, 0.6) is 0 Å². The predicted molar refractivity (Wildman–Crippen MR) is 158 cm³/mol. The van der Waals surface area contributed by atoms with Crippen molar-refractivity contribution in [2.45, 2.75) is 39.7 Å². The summed E-state index contributed by atoms with van der Waals surface area (Å²) in [6.07, 6.45) is 3.73. The minimum absolute atomic E-state index is 0.0458. The lowest BCUT2D eigenvalue weighted by molar-refractivity contribution is -0.119. The van der Waals surface area contributed by atoms with Crippen molar-refractivity contribution in [1.29, 1.82) is 0 Å². The van der Waals surface area contributed by atoms with Crippen LogP contribution in [0.25, 0.3) is 5.69 Å². The van der Waals surface area contributed by atoms with Gasteiger partial charge in [-0.15, -0.1) is 0 Å². The van der Waals surface area contributed by atoms with Crippen LogP contribution in [-0.4, -0.2) is 34.5 Å². The number of anilines is 2. The van der Waals surface area contributed by atoms with Gasteiger partial charge in [-0.25, -0.2) is 4.79 Å². The highest BCUT2D eigenvalue weighted by Crippen LogP contribution is 2.42. The zero-order valence-corrected chi connectivity index (χ0v) is 23.3. The summed E-state index contributed by atoms with van der Waals surface area (Å²) < 4.78 is 2.13. The van der Waals surface area contributed by atoms with E-state index < -0.39 is 0 Å². The highest BCUT2D eigenvalue weighted by atomic mass is 35.5. The Morgan fingerprint density at radius 1 is 0.949 bits per heavy atom. The number of nitrogens with zero attached hydrogens (tertiary/aromatic N) is 3. The number of amides is 3. The molecule has 2 heterocycles. The van der Waals surface area contributed by atoms with Gasteiger partial charge in [-0.3, -0.25) is 9.69 Å². The second-order valence-electron chi connectivity index (χ2n) is 10.0. The van der Waals surface area contributed by atoms with Crippen LogP contribution < -0.4 is 10.2 Å². The average Bonchev–Trinajstić information content (AvgIpc) is 3.42. The molecule has 3 aromatic carbocycles. The molecule has 39 heavy (non-hydrogen) atoms. The number of carbonyl (C=O) groups is 2. The van der Waals surface area contributed by atoms with Crippen LogP contribution in [0.15, 0.2) is 85.1 Å². The Hall–Kier alpha value is -4.03. The Balaban J connectivity index is 1.50. The number of aromatic nitrogens is 1. The number of fused-ring (bicyclic) bond motifs is 3. The minimum Gasteiger partial charge on any atom is -0.316 e. The fourth-order valence-electron chi connectivity index (χ4n) is 5.21. The van der Waals surface area contributed by atoms with E-state index in [9.17, 15) is 9.59 Å². The van der Waals surface area contributed by atoms with Crippen molar-refractivity contribution in [1.82, 2.24) is 9.47 Å². The van der Waals surface area contributed by atoms with E-state index in [1.807, 2.05) is 104 Å². The molecule has 0 fully saturated rings. The summed E-state index contributed by atoms with van der Waals surface area (Å²) in [6.45, 7) is 6.51. The molecule has 5 rings (SSSR count). The van der Waals surface area contributed by atoms with Crippen molar-refractivity contribution in [3.63, 3.8) is 0 Å². The van der Waals surface area contributed by atoms with Crippen LogP contribution in [0.2, 0.25) is 5.02 Å². The van der Waals surface area contributed by atoms with Crippen LogP contribution in [0, 0.1) is 13.8 Å². The van der Waals surface area contributed by atoms with Crippen molar-refractivity contribution < 1.29 is 9.59 Å². The number of hydrogen-bond donors (Lipinski definition) is 1. The molecule has 4 aromatic rings. The van der Waals surface area contributed by atoms with Crippen molar-refractivity contribution in [3.8, 4) is 5.69 Å². The smallest absolute Gasteiger partial charge is 0.316 e. The first kappa shape index (κ1) is 26.6. The largest absolute Gasteiger partial charge is 0.322 e. The summed E-state index contributed by atoms with van der Waals surface area (Å²) in [5.74, 6) is -0.151. The Morgan fingerprint density at radius 3 is 2.41 bits per heavy atom. The molecule has 0 saturated carbocycles. The topological polar surface area (TPSA) is 57.6 Å². The SMILES string of the molecule is CCCCN(CC(=O)N1c2ccccc2-n2cccc2[C@H]1c1ccc(Cl)cc1)C(=O)Nc1ccc(C)cc1C. The molecule has 0 aliphatic carbocycles. The van der Waals surface area contributed by atoms with Gasteiger partial charge in [0.15, 0.2) is 0 Å². The summed E-state index contributed by atoms with van der Waals surface area (Å²) in [4.78, 5) is 31.2. The van der Waals surface area contributed by atoms with Gasteiger partial charge in [-0.1, -0.05) is 66.9 Å². The van der Waals surface area contributed by atoms with Gasteiger partial charge in [0.1, 0.15) is 12.6 Å². The third-order valence-corrected chi connectivity index (χ3v) is 7.44. The van der Waals surface area contributed by atoms with Crippen LogP contribution in [-0.2, 0) is 4.79 Å². The van der Waals surface area contributed by atoms with E-state index >= 15 is 0 Å². The van der Waals surface area contributed by atoms with Gasteiger partial charge < -0.3 is 14.8 Å². The summed E-state index contributed by atoms with van der Waals surface area (Å²) in [7, 11) is 0. The summed E-state index contributed by atoms with van der Waals surface area (Å²) >= 11 is 6.21. The first-order valence-corrected chi connectivity index (χ1v) is 13.7. The number of rotatable bonds is 7. The fraction of sp³-hybridized carbons (Fsp3) is 0.250. The van der Waals surface area contributed by atoms with Crippen LogP contribution in [0.1, 0.15) is 48.2 Å². The maximum atomic E-state index is 14.3. The molecule has 0 saturated heterocycles. The van der Waals surface area contributed by atoms with Crippen LogP contribution in [0.3, 0.4) is 0 Å². The third-order valence-electron chi connectivity index (χ3n) is 7.19. The van der Waals surface area contributed by atoms with Gasteiger partial charge in [0.05, 0.1) is 17.1 Å². The Morgan fingerprint density at radius 2 is 1.69 bits per heavy atom. The Bertz CT molecular complexity index is 1490. The molecule has 0 unspecified atom stereocenters. The molecule has 0 spiro atoms. The molecule has 0 radical (unpaired) electrons. The van der Waals surface area contributed by atoms with E-state index in [1.165, 1.54) is 0 Å². The van der Waals surface area contributed by atoms with Crippen LogP contribution in [0.4, 0.5) is 16.2 Å². The molecule has 3 amide bonds. The van der Waals surface area contributed by atoms with Crippen LogP contribution >= 0.6 is 11.6 Å². The third kappa shape index (κ3) is 5.43. The maximum Gasteiger partial charge on any atom is 0.322 e. The number of hydrogen-bond acceptors (Lipinski definition) is 2. The van der Waals surface area contributed by atoms with E-state index in [4.69, 9.17) is 11.6 Å². The molecule has 200 valence electrons. The fourth-order valence-corrected chi connectivity index (χ4v) is 5.34. The standard InChI is InChI=1S/C32H33ClN4O2/c1-4-5-18-35(32(39)34-26-17-12-22(2)20-23(26)3)21-30(38)37-28-10-7-6-9-27(28)36-19-8-11-29(36)31(37)24-13-15-25(33)16-14-24/h6-17,19-20,31H,4-5,18,21H2,1-3H3,(H,34,39)/t31-/m1/s1. The van der Waals surface area contributed by atoms with Gasteiger partial charge in [0.25, 0.3) is 0 Å². The first-order valence-electron chi connectivity index (χ1n) is 13.3. The summed E-state index contributed by atoms with van der Waals surface area (Å²) in [5, 5.41) is 3.67. The van der Waals surface area contributed by atoms with Gasteiger partial charge >= 0.3 is 6.03 Å². The number of para-hydroxylation sites is 2. The van der Waals surface area contributed by atoms with E-state index in [1.54, 1.807) is 4.90 Å². The molecule has 1 N–H and O–H groups in total. The van der Waals surface area contributed by atoms with E-state index in [0.717, 1.165) is 52.3 Å². The number of aryl methyl sites for hydroxylation is 2. The molecule has 6 nitrogen and oxygen atoms in total. The average molecular weight is 541 g/mol. The van der Waals surface area contributed by atoms with Crippen molar-refractivity contribution in [3.05, 3.63) is 112 Å². The van der Waals surface area contributed by atoms with Gasteiger partial charge in [0, 0.05) is 23.5 Å². The quantitative estimate of drug-likeness (QED) is 0.263.